The predicted octanol–water partition coefficient (Wildman–Crippen LogP) is 3.80. The third-order valence-electron chi connectivity index (χ3n) is 7.24. The number of nitrogens with zero attached hydrogens (tertiary/aromatic N) is 4. The summed E-state index contributed by atoms with van der Waals surface area (Å²) in [4.78, 5) is 25.2. The highest BCUT2D eigenvalue weighted by Crippen LogP contribution is 2.35. The molecule has 5 rings (SSSR count). The van der Waals surface area contributed by atoms with Crippen LogP contribution in [0.4, 0.5) is 5.69 Å². The van der Waals surface area contributed by atoms with E-state index in [1.54, 1.807) is 11.9 Å². The topological polar surface area (TPSA) is 90.1 Å². The fraction of sp³-hybridized carbons (Fsp3) is 0.542. The van der Waals surface area contributed by atoms with Gasteiger partial charge in [-0.3, -0.25) is 14.8 Å². The number of hydrogen-bond donors (Lipinski definition) is 2. The van der Waals surface area contributed by atoms with Crippen molar-refractivity contribution < 1.29 is 9.53 Å². The lowest BCUT2D eigenvalue weighted by molar-refractivity contribution is -0.124. The van der Waals surface area contributed by atoms with E-state index in [2.05, 4.69) is 27.0 Å². The molecule has 9 heteroatoms. The molecule has 1 amide bonds. The Morgan fingerprint density at radius 3 is 2.91 bits per heavy atom. The number of morpholine rings is 1. The summed E-state index contributed by atoms with van der Waals surface area (Å²) in [7, 11) is 1.79. The van der Waals surface area contributed by atoms with Gasteiger partial charge in [0.25, 0.3) is 0 Å². The van der Waals surface area contributed by atoms with Gasteiger partial charge in [0.1, 0.15) is 11.2 Å². The molecule has 2 aliphatic rings. The van der Waals surface area contributed by atoms with E-state index in [0.717, 1.165) is 42.8 Å². The summed E-state index contributed by atoms with van der Waals surface area (Å²) in [6, 6.07) is 3.52. The lowest BCUT2D eigenvalue weighted by Crippen LogP contribution is -2.50. The van der Waals surface area contributed by atoms with Crippen LogP contribution in [0.5, 0.6) is 0 Å². The van der Waals surface area contributed by atoms with Gasteiger partial charge in [-0.15, -0.1) is 0 Å². The Kier molecular flexibility index (Phi) is 6.16. The summed E-state index contributed by atoms with van der Waals surface area (Å²) in [5.41, 5.74) is 5.58. The number of halogens is 1. The summed E-state index contributed by atoms with van der Waals surface area (Å²) in [5, 5.41) is 8.30. The van der Waals surface area contributed by atoms with Gasteiger partial charge in [0.2, 0.25) is 5.91 Å². The molecule has 0 spiro atoms. The molecule has 0 unspecified atom stereocenters. The average molecular weight is 471 g/mol. The number of aryl methyl sites for hydroxylation is 1. The van der Waals surface area contributed by atoms with Crippen LogP contribution >= 0.6 is 11.6 Å². The first kappa shape index (κ1) is 22.4. The number of aromatic nitrogens is 4. The first-order chi connectivity index (χ1) is 16.0. The van der Waals surface area contributed by atoms with Crippen molar-refractivity contribution in [3.63, 3.8) is 0 Å². The molecule has 0 bridgehead atoms. The highest BCUT2D eigenvalue weighted by Gasteiger charge is 2.28. The second-order valence-corrected chi connectivity index (χ2v) is 9.58. The van der Waals surface area contributed by atoms with E-state index >= 15 is 0 Å². The van der Waals surface area contributed by atoms with Gasteiger partial charge in [-0.05, 0) is 44.2 Å². The average Bonchev–Trinajstić information content (AvgIpc) is 3.47. The van der Waals surface area contributed by atoms with Gasteiger partial charge < -0.3 is 14.6 Å². The number of H-pyrrole nitrogens is 2. The van der Waals surface area contributed by atoms with E-state index in [1.165, 1.54) is 24.1 Å². The standard InChI is InChI=1S/C24H31ClN6O2/c1-4-15-5-6-19-17(11-15)21(29-28-19)23-26-20-13-16(12-18(25)22(20)27-23)30(3)24(32)14(2)31-7-9-33-10-8-31/h12-15H,4-11H2,1-3H3,(H,26,27)(H,28,29)/t14-,15-/m0/s1. The van der Waals surface area contributed by atoms with E-state index in [0.29, 0.717) is 35.5 Å². The minimum atomic E-state index is -0.229. The maximum Gasteiger partial charge on any atom is 0.243 e. The number of benzene rings is 1. The molecule has 33 heavy (non-hydrogen) atoms. The number of rotatable bonds is 5. The lowest BCUT2D eigenvalue weighted by Gasteiger charge is -2.33. The fourth-order valence-corrected chi connectivity index (χ4v) is 5.26. The molecule has 3 aromatic rings. The quantitative estimate of drug-likeness (QED) is 0.591. The SMILES string of the molecule is CC[C@H]1CCc2[nH]nc(-c3nc4c(Cl)cc(N(C)C(=O)[C@H](C)N5CCOCC5)cc4[nH]3)c2C1. The molecule has 176 valence electrons. The van der Waals surface area contributed by atoms with Crippen LogP contribution in [0, 0.1) is 5.92 Å². The van der Waals surface area contributed by atoms with Gasteiger partial charge in [-0.2, -0.15) is 5.10 Å². The molecule has 1 aliphatic heterocycles. The molecule has 8 nitrogen and oxygen atoms in total. The highest BCUT2D eigenvalue weighted by atomic mass is 35.5. The molecular formula is C24H31ClN6O2. The maximum atomic E-state index is 13.2. The molecule has 1 fully saturated rings. The Labute approximate surface area is 198 Å². The van der Waals surface area contributed by atoms with Crippen molar-refractivity contribution in [3.05, 3.63) is 28.4 Å². The molecule has 2 aromatic heterocycles. The number of carbonyl (C=O) groups excluding carboxylic acids is 1. The molecule has 0 radical (unpaired) electrons. The van der Waals surface area contributed by atoms with Crippen LogP contribution < -0.4 is 4.90 Å². The van der Waals surface area contributed by atoms with E-state index in [1.807, 2.05) is 19.1 Å². The Balaban J connectivity index is 1.43. The molecular weight excluding hydrogens is 440 g/mol. The largest absolute Gasteiger partial charge is 0.379 e. The van der Waals surface area contributed by atoms with Crippen LogP contribution in [0.25, 0.3) is 22.6 Å². The number of likely N-dealkylation sites (N-methyl/N-ethyl adjacent to an activating group) is 1. The number of nitrogens with one attached hydrogen (secondary N) is 2. The number of amides is 1. The first-order valence-electron chi connectivity index (χ1n) is 11.8. The van der Waals surface area contributed by atoms with Crippen molar-refractivity contribution in [3.8, 4) is 11.5 Å². The van der Waals surface area contributed by atoms with Gasteiger partial charge in [-0.25, -0.2) is 4.98 Å². The van der Waals surface area contributed by atoms with Crippen molar-refractivity contribution in [2.45, 2.75) is 45.6 Å². The van der Waals surface area contributed by atoms with Crippen molar-refractivity contribution in [1.29, 1.82) is 0 Å². The zero-order chi connectivity index (χ0) is 23.1. The Morgan fingerprint density at radius 1 is 1.36 bits per heavy atom. The van der Waals surface area contributed by atoms with Crippen LogP contribution in [0.3, 0.4) is 0 Å². The summed E-state index contributed by atoms with van der Waals surface area (Å²) < 4.78 is 5.42. The van der Waals surface area contributed by atoms with Gasteiger partial charge in [-0.1, -0.05) is 24.9 Å². The van der Waals surface area contributed by atoms with Crippen molar-refractivity contribution >= 4 is 34.2 Å². The minimum Gasteiger partial charge on any atom is -0.379 e. The van der Waals surface area contributed by atoms with Gasteiger partial charge >= 0.3 is 0 Å². The normalized spacial score (nSPS) is 20.1. The number of fused-ring (bicyclic) bond motifs is 2. The van der Waals surface area contributed by atoms with Crippen molar-refractivity contribution in [1.82, 2.24) is 25.1 Å². The monoisotopic (exact) mass is 470 g/mol. The second-order valence-electron chi connectivity index (χ2n) is 9.18. The van der Waals surface area contributed by atoms with Crippen LogP contribution in [-0.4, -0.2) is 70.4 Å². The number of hydrogen-bond acceptors (Lipinski definition) is 5. The van der Waals surface area contributed by atoms with Gasteiger partial charge in [0, 0.05) is 37.1 Å². The first-order valence-corrected chi connectivity index (χ1v) is 12.2. The van der Waals surface area contributed by atoms with Gasteiger partial charge in [0.15, 0.2) is 5.82 Å². The highest BCUT2D eigenvalue weighted by molar-refractivity contribution is 6.35. The molecule has 1 aliphatic carbocycles. The summed E-state index contributed by atoms with van der Waals surface area (Å²) >= 11 is 6.63. The van der Waals surface area contributed by atoms with E-state index in [-0.39, 0.29) is 11.9 Å². The molecule has 2 N–H and O–H groups in total. The summed E-state index contributed by atoms with van der Waals surface area (Å²) in [6.07, 6.45) is 4.41. The smallest absolute Gasteiger partial charge is 0.243 e. The molecule has 0 saturated carbocycles. The van der Waals surface area contributed by atoms with Crippen LogP contribution in [0.1, 0.15) is 37.9 Å². The summed E-state index contributed by atoms with van der Waals surface area (Å²) in [5.74, 6) is 1.43. The molecule has 1 aromatic carbocycles. The number of imidazole rings is 1. The molecule has 3 heterocycles. The van der Waals surface area contributed by atoms with Gasteiger partial charge in [0.05, 0.1) is 29.8 Å². The van der Waals surface area contributed by atoms with E-state index in [9.17, 15) is 4.79 Å². The fourth-order valence-electron chi connectivity index (χ4n) is 5.01. The molecule has 1 saturated heterocycles. The number of carbonyl (C=O) groups is 1. The molecule has 2 atom stereocenters. The number of anilines is 1. The number of aromatic amines is 2. The van der Waals surface area contributed by atoms with E-state index in [4.69, 9.17) is 21.3 Å². The predicted molar refractivity (Wildman–Crippen MR) is 130 cm³/mol. The Morgan fingerprint density at radius 2 is 2.15 bits per heavy atom. The lowest BCUT2D eigenvalue weighted by atomic mass is 9.85. The van der Waals surface area contributed by atoms with Crippen LogP contribution in [0.15, 0.2) is 12.1 Å². The third kappa shape index (κ3) is 4.16. The Hall–Kier alpha value is -2.42. The van der Waals surface area contributed by atoms with Crippen LogP contribution in [0.2, 0.25) is 5.02 Å². The third-order valence-corrected chi connectivity index (χ3v) is 7.53. The maximum absolute atomic E-state index is 13.2. The second kappa shape index (κ2) is 9.08. The van der Waals surface area contributed by atoms with E-state index < -0.39 is 0 Å². The Bertz CT molecular complexity index is 1170. The summed E-state index contributed by atoms with van der Waals surface area (Å²) in [6.45, 7) is 7.03. The minimum absolute atomic E-state index is 0.0269. The van der Waals surface area contributed by atoms with Crippen molar-refractivity contribution in [2.24, 2.45) is 5.92 Å². The zero-order valence-electron chi connectivity index (χ0n) is 19.4. The van der Waals surface area contributed by atoms with Crippen LogP contribution in [-0.2, 0) is 22.4 Å². The zero-order valence-corrected chi connectivity index (χ0v) is 20.2. The van der Waals surface area contributed by atoms with Crippen molar-refractivity contribution in [2.75, 3.05) is 38.3 Å². The number of ether oxygens (including phenoxy) is 1.